The first-order valence-electron chi connectivity index (χ1n) is 5.12. The molecule has 0 aliphatic heterocycles. The van der Waals surface area contributed by atoms with Gasteiger partial charge in [-0.3, -0.25) is 0 Å². The monoisotopic (exact) mass is 241 g/mol. The van der Waals surface area contributed by atoms with Crippen molar-refractivity contribution in [2.24, 2.45) is 0 Å². The Balaban J connectivity index is 2.87. The minimum atomic E-state index is -1.24. The number of ether oxygens (including phenoxy) is 1. The molecule has 0 spiro atoms. The number of hydrogen-bond acceptors (Lipinski definition) is 6. The van der Waals surface area contributed by atoms with Crippen molar-refractivity contribution in [3.63, 3.8) is 0 Å². The van der Waals surface area contributed by atoms with E-state index in [1.807, 2.05) is 0 Å². The second-order valence-electron chi connectivity index (χ2n) is 3.46. The van der Waals surface area contributed by atoms with Crippen LogP contribution in [0, 0.1) is 0 Å². The van der Waals surface area contributed by atoms with Gasteiger partial charge in [-0.15, -0.1) is 0 Å². The maximum Gasteiger partial charge on any atom is 0.356 e. The van der Waals surface area contributed by atoms with E-state index < -0.39 is 18.2 Å². The Morgan fingerprint density at radius 3 is 2.76 bits per heavy atom. The molecule has 6 nitrogen and oxygen atoms in total. The van der Waals surface area contributed by atoms with E-state index >= 15 is 0 Å². The summed E-state index contributed by atoms with van der Waals surface area (Å²) in [6.45, 7) is -0.241. The van der Waals surface area contributed by atoms with Crippen molar-refractivity contribution in [2.45, 2.75) is 18.6 Å². The number of carbonyl (C=O) groups excluding carboxylic acids is 1. The van der Waals surface area contributed by atoms with Crippen molar-refractivity contribution < 1.29 is 24.9 Å². The van der Waals surface area contributed by atoms with Gasteiger partial charge in [-0.1, -0.05) is 6.07 Å². The average molecular weight is 241 g/mol. The van der Waals surface area contributed by atoms with Gasteiger partial charge in [-0.25, -0.2) is 9.78 Å². The first-order valence-corrected chi connectivity index (χ1v) is 5.12. The number of nitrogens with zero attached hydrogens (tertiary/aromatic N) is 1. The second kappa shape index (κ2) is 6.29. The highest BCUT2D eigenvalue weighted by Crippen LogP contribution is 2.17. The Kier molecular flexibility index (Phi) is 5.02. The van der Waals surface area contributed by atoms with Gasteiger partial charge in [-0.2, -0.15) is 0 Å². The molecule has 94 valence electrons. The molecule has 0 fully saturated rings. The summed E-state index contributed by atoms with van der Waals surface area (Å²) in [5.74, 6) is -0.615. The first-order chi connectivity index (χ1) is 8.10. The third kappa shape index (κ3) is 3.48. The molecule has 0 saturated heterocycles. The highest BCUT2D eigenvalue weighted by molar-refractivity contribution is 5.87. The number of aliphatic hydroxyl groups is 3. The Morgan fingerprint density at radius 1 is 1.47 bits per heavy atom. The molecule has 1 heterocycles. The molecule has 0 saturated carbocycles. The second-order valence-corrected chi connectivity index (χ2v) is 3.46. The smallest absolute Gasteiger partial charge is 0.356 e. The van der Waals surface area contributed by atoms with Crippen molar-refractivity contribution in [1.29, 1.82) is 0 Å². The molecule has 2 atom stereocenters. The maximum absolute atomic E-state index is 11.2. The van der Waals surface area contributed by atoms with Crippen molar-refractivity contribution in [2.75, 3.05) is 13.7 Å². The molecule has 17 heavy (non-hydrogen) atoms. The summed E-state index contributed by atoms with van der Waals surface area (Å²) >= 11 is 0. The lowest BCUT2D eigenvalue weighted by Crippen LogP contribution is -2.21. The number of aliphatic hydroxyl groups excluding tert-OH is 3. The summed E-state index contributed by atoms with van der Waals surface area (Å²) in [6, 6.07) is 4.46. The largest absolute Gasteiger partial charge is 0.464 e. The van der Waals surface area contributed by atoms with Gasteiger partial charge in [-0.05, 0) is 18.6 Å². The molecule has 1 aromatic rings. The van der Waals surface area contributed by atoms with Crippen LogP contribution in [0.3, 0.4) is 0 Å². The molecule has 0 aliphatic rings. The van der Waals surface area contributed by atoms with Gasteiger partial charge in [0, 0.05) is 6.61 Å². The van der Waals surface area contributed by atoms with Gasteiger partial charge in [0.2, 0.25) is 0 Å². The standard InChI is InChI=1S/C11H15NO5/c1-17-11(16)8-4-2-3-7(12-8)10(15)9(14)5-6-13/h2-4,9-10,13-15H,5-6H2,1H3. The fraction of sp³-hybridized carbons (Fsp3) is 0.455. The van der Waals surface area contributed by atoms with Gasteiger partial charge in [0.1, 0.15) is 11.8 Å². The normalized spacial score (nSPS) is 14.1. The Bertz CT molecular complexity index is 382. The molecule has 6 heteroatoms. The fourth-order valence-corrected chi connectivity index (χ4v) is 1.32. The molecular weight excluding hydrogens is 226 g/mol. The highest BCUT2D eigenvalue weighted by atomic mass is 16.5. The van der Waals surface area contributed by atoms with E-state index in [-0.39, 0.29) is 24.4 Å². The zero-order valence-electron chi connectivity index (χ0n) is 9.41. The number of pyridine rings is 1. The zero-order valence-corrected chi connectivity index (χ0v) is 9.41. The average Bonchev–Trinajstić information content (AvgIpc) is 2.37. The van der Waals surface area contributed by atoms with Crippen LogP contribution >= 0.6 is 0 Å². The zero-order chi connectivity index (χ0) is 12.8. The van der Waals surface area contributed by atoms with Crippen molar-refractivity contribution >= 4 is 5.97 Å². The lowest BCUT2D eigenvalue weighted by molar-refractivity contribution is 0.00172. The summed E-state index contributed by atoms with van der Waals surface area (Å²) in [5, 5.41) is 27.9. The van der Waals surface area contributed by atoms with E-state index in [2.05, 4.69) is 9.72 Å². The van der Waals surface area contributed by atoms with E-state index in [0.717, 1.165) is 0 Å². The lowest BCUT2D eigenvalue weighted by atomic mass is 10.1. The molecular formula is C11H15NO5. The van der Waals surface area contributed by atoms with Crippen LogP contribution in [0.25, 0.3) is 0 Å². The number of esters is 1. The van der Waals surface area contributed by atoms with E-state index in [9.17, 15) is 15.0 Å². The van der Waals surface area contributed by atoms with Crippen LogP contribution in [-0.4, -0.2) is 46.1 Å². The van der Waals surface area contributed by atoms with Crippen molar-refractivity contribution in [3.8, 4) is 0 Å². The summed E-state index contributed by atoms with van der Waals surface area (Å²) < 4.78 is 4.49. The van der Waals surface area contributed by atoms with Crippen molar-refractivity contribution in [3.05, 3.63) is 29.6 Å². The maximum atomic E-state index is 11.2. The Hall–Kier alpha value is -1.50. The van der Waals surface area contributed by atoms with Crippen LogP contribution in [-0.2, 0) is 4.74 Å². The van der Waals surface area contributed by atoms with Gasteiger partial charge < -0.3 is 20.1 Å². The molecule has 1 aromatic heterocycles. The van der Waals surface area contributed by atoms with Crippen molar-refractivity contribution in [1.82, 2.24) is 4.98 Å². The van der Waals surface area contributed by atoms with Gasteiger partial charge in [0.05, 0.1) is 18.9 Å². The third-order valence-corrected chi connectivity index (χ3v) is 2.26. The van der Waals surface area contributed by atoms with E-state index in [1.54, 1.807) is 0 Å². The SMILES string of the molecule is COC(=O)c1cccc(C(O)C(O)CCO)n1. The quantitative estimate of drug-likeness (QED) is 0.609. The van der Waals surface area contributed by atoms with E-state index in [0.29, 0.717) is 0 Å². The van der Waals surface area contributed by atoms with E-state index in [1.165, 1.54) is 25.3 Å². The molecule has 3 N–H and O–H groups in total. The molecule has 1 rings (SSSR count). The summed E-state index contributed by atoms with van der Waals surface area (Å²) in [7, 11) is 1.23. The predicted molar refractivity (Wildman–Crippen MR) is 58.2 cm³/mol. The number of rotatable bonds is 5. The van der Waals surface area contributed by atoms with Crippen LogP contribution in [0.15, 0.2) is 18.2 Å². The number of carbonyl (C=O) groups is 1. The van der Waals surface area contributed by atoms with Crippen LogP contribution in [0.4, 0.5) is 0 Å². The van der Waals surface area contributed by atoms with Crippen LogP contribution in [0.5, 0.6) is 0 Å². The summed E-state index contributed by atoms with van der Waals surface area (Å²) in [6.07, 6.45) is -2.34. The number of aromatic nitrogens is 1. The topological polar surface area (TPSA) is 99.9 Å². The minimum absolute atomic E-state index is 0.0330. The fourth-order valence-electron chi connectivity index (χ4n) is 1.32. The first kappa shape index (κ1) is 13.6. The predicted octanol–water partition coefficient (Wildman–Crippen LogP) is -0.355. The Morgan fingerprint density at radius 2 is 2.18 bits per heavy atom. The lowest BCUT2D eigenvalue weighted by Gasteiger charge is -2.16. The van der Waals surface area contributed by atoms with Gasteiger partial charge in [0.25, 0.3) is 0 Å². The molecule has 2 unspecified atom stereocenters. The van der Waals surface area contributed by atoms with Gasteiger partial charge >= 0.3 is 5.97 Å². The van der Waals surface area contributed by atoms with Crippen LogP contribution < -0.4 is 0 Å². The van der Waals surface area contributed by atoms with Gasteiger partial charge in [0.15, 0.2) is 0 Å². The molecule has 0 aromatic carbocycles. The van der Waals surface area contributed by atoms with Crippen LogP contribution in [0.1, 0.15) is 28.7 Å². The number of hydrogen-bond donors (Lipinski definition) is 3. The van der Waals surface area contributed by atoms with Crippen LogP contribution in [0.2, 0.25) is 0 Å². The highest BCUT2D eigenvalue weighted by Gasteiger charge is 2.20. The molecule has 0 bridgehead atoms. The molecule has 0 aliphatic carbocycles. The third-order valence-electron chi connectivity index (χ3n) is 2.26. The minimum Gasteiger partial charge on any atom is -0.464 e. The number of methoxy groups -OCH3 is 1. The van der Waals surface area contributed by atoms with E-state index in [4.69, 9.17) is 5.11 Å². The summed E-state index contributed by atoms with van der Waals surface area (Å²) in [4.78, 5) is 15.1. The summed E-state index contributed by atoms with van der Waals surface area (Å²) in [5.41, 5.74) is 0.217. The molecule has 0 radical (unpaired) electrons. The Labute approximate surface area is 98.5 Å². The molecule has 0 amide bonds.